The molecule has 0 radical (unpaired) electrons. The Morgan fingerprint density at radius 2 is 1.86 bits per heavy atom. The van der Waals surface area contributed by atoms with E-state index >= 15 is 0 Å². The summed E-state index contributed by atoms with van der Waals surface area (Å²) in [6, 6.07) is 12.9. The van der Waals surface area contributed by atoms with E-state index in [2.05, 4.69) is 60.8 Å². The van der Waals surface area contributed by atoms with Crippen LogP contribution in [0.2, 0.25) is 0 Å². The molecular weight excluding hydrogens is 270 g/mol. The minimum atomic E-state index is 0.172. The van der Waals surface area contributed by atoms with Crippen LogP contribution >= 0.6 is 0 Å². The Hall–Kier alpha value is -2.48. The molecule has 112 valence electrons. The lowest BCUT2D eigenvalue weighted by atomic mass is 10.0. The molecule has 0 amide bonds. The lowest BCUT2D eigenvalue weighted by Gasteiger charge is -2.16. The average Bonchev–Trinajstić information content (AvgIpc) is 2.95. The van der Waals surface area contributed by atoms with Crippen molar-refractivity contribution in [3.05, 3.63) is 72.0 Å². The molecule has 0 aliphatic carbocycles. The Morgan fingerprint density at radius 1 is 1.00 bits per heavy atom. The van der Waals surface area contributed by atoms with Gasteiger partial charge in [-0.05, 0) is 31.3 Å². The molecule has 3 aromatic rings. The first kappa shape index (κ1) is 14.5. The summed E-state index contributed by atoms with van der Waals surface area (Å²) >= 11 is 0. The zero-order valence-electron chi connectivity index (χ0n) is 13.3. The SMILES string of the molecule is CC.Cc1ccc2oc3c(C4C=CC=CN4)cccc3c2c1. The van der Waals surface area contributed by atoms with Gasteiger partial charge in [0.25, 0.3) is 0 Å². The number of rotatable bonds is 1. The predicted molar refractivity (Wildman–Crippen MR) is 94.0 cm³/mol. The van der Waals surface area contributed by atoms with Crippen LogP contribution in [0.3, 0.4) is 0 Å². The van der Waals surface area contributed by atoms with Gasteiger partial charge in [0.05, 0.1) is 6.04 Å². The number of aryl methyl sites for hydroxylation is 1. The Labute approximate surface area is 131 Å². The zero-order chi connectivity index (χ0) is 15.5. The summed E-state index contributed by atoms with van der Waals surface area (Å²) in [6.07, 6.45) is 8.18. The molecule has 1 N–H and O–H groups in total. The molecule has 1 aliphatic heterocycles. The second kappa shape index (κ2) is 6.10. The largest absolute Gasteiger partial charge is 0.456 e. The van der Waals surface area contributed by atoms with E-state index in [4.69, 9.17) is 4.42 Å². The molecule has 1 aliphatic rings. The van der Waals surface area contributed by atoms with Crippen LogP contribution in [0.1, 0.15) is 31.0 Å². The molecule has 1 aromatic heterocycles. The van der Waals surface area contributed by atoms with E-state index in [1.54, 1.807) is 0 Å². The van der Waals surface area contributed by atoms with E-state index < -0.39 is 0 Å². The minimum absolute atomic E-state index is 0.172. The van der Waals surface area contributed by atoms with Crippen molar-refractivity contribution in [2.75, 3.05) is 0 Å². The van der Waals surface area contributed by atoms with Gasteiger partial charge in [-0.25, -0.2) is 0 Å². The fourth-order valence-electron chi connectivity index (χ4n) is 2.82. The number of allylic oxidation sites excluding steroid dienone is 2. The van der Waals surface area contributed by atoms with Gasteiger partial charge in [-0.1, -0.05) is 55.8 Å². The molecule has 4 rings (SSSR count). The van der Waals surface area contributed by atoms with Gasteiger partial charge in [0, 0.05) is 16.3 Å². The standard InChI is InChI=1S/C18H15NO.C2H6/c1-12-8-9-17-15(11-12)13-5-4-6-14(18(13)20-17)16-7-2-3-10-19-16;1-2/h2-11,16,19H,1H3;1-2H3. The quantitative estimate of drug-likeness (QED) is 0.628. The van der Waals surface area contributed by atoms with Crippen LogP contribution < -0.4 is 5.32 Å². The Morgan fingerprint density at radius 3 is 2.64 bits per heavy atom. The lowest BCUT2D eigenvalue weighted by Crippen LogP contribution is -2.14. The van der Waals surface area contributed by atoms with Gasteiger partial charge in [0.2, 0.25) is 0 Å². The van der Waals surface area contributed by atoms with Crippen LogP contribution in [-0.2, 0) is 0 Å². The van der Waals surface area contributed by atoms with Gasteiger partial charge in [-0.15, -0.1) is 0 Å². The van der Waals surface area contributed by atoms with Gasteiger partial charge in [0.1, 0.15) is 11.2 Å². The molecule has 0 saturated carbocycles. The first-order valence-corrected chi connectivity index (χ1v) is 7.84. The molecule has 2 heterocycles. The molecule has 2 nitrogen and oxygen atoms in total. The van der Waals surface area contributed by atoms with Gasteiger partial charge in [-0.3, -0.25) is 0 Å². The van der Waals surface area contributed by atoms with Crippen LogP contribution in [0.15, 0.2) is 65.2 Å². The number of hydrogen-bond donors (Lipinski definition) is 1. The summed E-state index contributed by atoms with van der Waals surface area (Å²) < 4.78 is 6.09. The number of dihydropyridines is 1. The van der Waals surface area contributed by atoms with Crippen LogP contribution in [0, 0.1) is 6.92 Å². The smallest absolute Gasteiger partial charge is 0.141 e. The summed E-state index contributed by atoms with van der Waals surface area (Å²) in [5.41, 5.74) is 4.36. The van der Waals surface area contributed by atoms with Crippen molar-refractivity contribution in [3.63, 3.8) is 0 Å². The first-order valence-electron chi connectivity index (χ1n) is 7.84. The maximum absolute atomic E-state index is 6.09. The second-order valence-corrected chi connectivity index (χ2v) is 5.21. The van der Waals surface area contributed by atoms with Crippen molar-refractivity contribution < 1.29 is 4.42 Å². The highest BCUT2D eigenvalue weighted by atomic mass is 16.3. The van der Waals surface area contributed by atoms with Crippen LogP contribution in [0.5, 0.6) is 0 Å². The Bertz CT molecular complexity index is 855. The number of benzene rings is 2. The number of nitrogens with one attached hydrogen (secondary N) is 1. The van der Waals surface area contributed by atoms with Crippen LogP contribution in [0.4, 0.5) is 0 Å². The summed E-state index contributed by atoms with van der Waals surface area (Å²) in [7, 11) is 0. The molecular formula is C20H21NO. The van der Waals surface area contributed by atoms with Crippen molar-refractivity contribution in [3.8, 4) is 0 Å². The lowest BCUT2D eigenvalue weighted by molar-refractivity contribution is 0.648. The van der Waals surface area contributed by atoms with Crippen molar-refractivity contribution in [1.82, 2.24) is 5.32 Å². The van der Waals surface area contributed by atoms with Gasteiger partial charge >= 0.3 is 0 Å². The second-order valence-electron chi connectivity index (χ2n) is 5.21. The molecule has 22 heavy (non-hydrogen) atoms. The van der Waals surface area contributed by atoms with Crippen LogP contribution in [-0.4, -0.2) is 0 Å². The van der Waals surface area contributed by atoms with Crippen LogP contribution in [0.25, 0.3) is 21.9 Å². The number of para-hydroxylation sites is 1. The third-order valence-corrected chi connectivity index (χ3v) is 3.80. The number of fused-ring (bicyclic) bond motifs is 3. The highest BCUT2D eigenvalue weighted by Gasteiger charge is 2.16. The minimum Gasteiger partial charge on any atom is -0.456 e. The molecule has 0 saturated heterocycles. The van der Waals surface area contributed by atoms with E-state index in [-0.39, 0.29) is 6.04 Å². The molecule has 1 atom stereocenters. The predicted octanol–water partition coefficient (Wildman–Crippen LogP) is 5.63. The summed E-state index contributed by atoms with van der Waals surface area (Å²) in [5, 5.41) is 5.73. The summed E-state index contributed by atoms with van der Waals surface area (Å²) in [5.74, 6) is 0. The normalized spacial score (nSPS) is 16.4. The molecule has 0 fully saturated rings. The molecule has 2 heteroatoms. The topological polar surface area (TPSA) is 25.2 Å². The number of hydrogen-bond acceptors (Lipinski definition) is 2. The highest BCUT2D eigenvalue weighted by molar-refractivity contribution is 6.06. The number of furan rings is 1. The van der Waals surface area contributed by atoms with Gasteiger partial charge in [0.15, 0.2) is 0 Å². The van der Waals surface area contributed by atoms with E-state index in [9.17, 15) is 0 Å². The zero-order valence-corrected chi connectivity index (χ0v) is 13.3. The van der Waals surface area contributed by atoms with Crippen molar-refractivity contribution >= 4 is 21.9 Å². The van der Waals surface area contributed by atoms with Gasteiger partial charge in [-0.2, -0.15) is 0 Å². The fraction of sp³-hybridized carbons (Fsp3) is 0.200. The third kappa shape index (κ3) is 2.41. The van der Waals surface area contributed by atoms with E-state index in [1.807, 2.05) is 26.1 Å². The van der Waals surface area contributed by atoms with E-state index in [0.29, 0.717) is 0 Å². The summed E-state index contributed by atoms with van der Waals surface area (Å²) in [6.45, 7) is 6.11. The Balaban J connectivity index is 0.000000693. The molecule has 2 aromatic carbocycles. The van der Waals surface area contributed by atoms with E-state index in [1.165, 1.54) is 21.9 Å². The van der Waals surface area contributed by atoms with Crippen molar-refractivity contribution in [2.45, 2.75) is 26.8 Å². The molecule has 0 spiro atoms. The first-order chi connectivity index (χ1) is 10.8. The third-order valence-electron chi connectivity index (χ3n) is 3.80. The monoisotopic (exact) mass is 291 g/mol. The Kier molecular flexibility index (Phi) is 4.01. The van der Waals surface area contributed by atoms with Crippen molar-refractivity contribution in [1.29, 1.82) is 0 Å². The van der Waals surface area contributed by atoms with Gasteiger partial charge < -0.3 is 9.73 Å². The maximum Gasteiger partial charge on any atom is 0.141 e. The van der Waals surface area contributed by atoms with E-state index in [0.717, 1.165) is 11.2 Å². The molecule has 0 bridgehead atoms. The molecule has 1 unspecified atom stereocenters. The van der Waals surface area contributed by atoms with Crippen molar-refractivity contribution in [2.24, 2.45) is 0 Å². The fourth-order valence-corrected chi connectivity index (χ4v) is 2.82. The maximum atomic E-state index is 6.09. The highest BCUT2D eigenvalue weighted by Crippen LogP contribution is 2.34. The average molecular weight is 291 g/mol. The summed E-state index contributed by atoms with van der Waals surface area (Å²) in [4.78, 5) is 0.